The van der Waals surface area contributed by atoms with Gasteiger partial charge in [-0.2, -0.15) is 0 Å². The number of nitrogens with zero attached hydrogens (tertiary/aromatic N) is 1. The molecule has 0 fully saturated rings. The van der Waals surface area contributed by atoms with Crippen molar-refractivity contribution < 1.29 is 19.1 Å². The number of ether oxygens (including phenoxy) is 1. The van der Waals surface area contributed by atoms with Crippen LogP contribution in [0.15, 0.2) is 53.9 Å². The Balaban J connectivity index is 1.47. The molecule has 0 atom stereocenters. The van der Waals surface area contributed by atoms with Gasteiger partial charge in [0, 0.05) is 34.3 Å². The van der Waals surface area contributed by atoms with Crippen LogP contribution in [0.25, 0.3) is 10.6 Å². The number of nitrogens with one attached hydrogen (secondary N) is 2. The minimum absolute atomic E-state index is 0.0365. The Labute approximate surface area is 182 Å². The lowest BCUT2D eigenvalue weighted by Crippen LogP contribution is -2.22. The molecule has 0 spiro atoms. The van der Waals surface area contributed by atoms with E-state index in [0.29, 0.717) is 22.0 Å². The third-order valence-corrected chi connectivity index (χ3v) is 5.15. The Bertz CT molecular complexity index is 1070. The van der Waals surface area contributed by atoms with E-state index in [1.54, 1.807) is 41.8 Å². The van der Waals surface area contributed by atoms with Gasteiger partial charge in [-0.25, -0.2) is 4.98 Å². The lowest BCUT2D eigenvalue weighted by molar-refractivity contribution is -0.146. The Morgan fingerprint density at radius 3 is 2.60 bits per heavy atom. The summed E-state index contributed by atoms with van der Waals surface area (Å²) in [7, 11) is 1.54. The van der Waals surface area contributed by atoms with Crippen molar-refractivity contribution in [2.45, 2.75) is 6.42 Å². The maximum atomic E-state index is 12.0. The third kappa shape index (κ3) is 5.88. The zero-order valence-corrected chi connectivity index (χ0v) is 17.5. The van der Waals surface area contributed by atoms with Crippen LogP contribution in [-0.2, 0) is 20.7 Å². The van der Waals surface area contributed by atoms with Gasteiger partial charge in [-0.05, 0) is 36.4 Å². The number of aromatic nitrogens is 1. The molecule has 2 amide bonds. The zero-order valence-electron chi connectivity index (χ0n) is 16.0. The molecule has 2 aromatic carbocycles. The molecule has 0 aliphatic carbocycles. The average molecular weight is 444 g/mol. The summed E-state index contributed by atoms with van der Waals surface area (Å²) in [6, 6.07) is 13.6. The maximum Gasteiger partial charge on any atom is 0.312 e. The van der Waals surface area contributed by atoms with Crippen LogP contribution in [0.2, 0.25) is 5.02 Å². The van der Waals surface area contributed by atoms with Gasteiger partial charge >= 0.3 is 5.97 Å². The first kappa shape index (κ1) is 21.5. The van der Waals surface area contributed by atoms with Gasteiger partial charge < -0.3 is 15.4 Å². The van der Waals surface area contributed by atoms with Crippen LogP contribution in [0.3, 0.4) is 0 Å². The highest BCUT2D eigenvalue weighted by molar-refractivity contribution is 7.13. The molecule has 3 rings (SSSR count). The summed E-state index contributed by atoms with van der Waals surface area (Å²) in [6.45, 7) is -0.415. The van der Waals surface area contributed by atoms with Gasteiger partial charge in [-0.1, -0.05) is 23.7 Å². The molecule has 2 N–H and O–H groups in total. The number of hydrogen-bond donors (Lipinski definition) is 2. The van der Waals surface area contributed by atoms with Crippen molar-refractivity contribution in [3.8, 4) is 10.6 Å². The summed E-state index contributed by atoms with van der Waals surface area (Å²) in [4.78, 5) is 39.9. The molecule has 0 bridgehead atoms. The summed E-state index contributed by atoms with van der Waals surface area (Å²) >= 11 is 7.39. The second kappa shape index (κ2) is 10.00. The molecule has 0 saturated heterocycles. The molecule has 0 unspecified atom stereocenters. The summed E-state index contributed by atoms with van der Waals surface area (Å²) in [5.74, 6) is -1.25. The second-order valence-electron chi connectivity index (χ2n) is 6.20. The first-order valence-electron chi connectivity index (χ1n) is 8.92. The number of carbonyl (C=O) groups is 3. The first-order valence-corrected chi connectivity index (χ1v) is 10.2. The smallest absolute Gasteiger partial charge is 0.312 e. The lowest BCUT2D eigenvalue weighted by atomic mass is 10.2. The van der Waals surface area contributed by atoms with Gasteiger partial charge in [-0.3, -0.25) is 14.4 Å². The fraction of sp³-hybridized carbons (Fsp3) is 0.143. The van der Waals surface area contributed by atoms with Crippen LogP contribution < -0.4 is 10.6 Å². The number of carbonyl (C=O) groups excluding carboxylic acids is 3. The molecule has 0 aliphatic heterocycles. The Hall–Kier alpha value is -3.23. The van der Waals surface area contributed by atoms with E-state index in [1.165, 1.54) is 18.4 Å². The zero-order chi connectivity index (χ0) is 21.5. The predicted molar refractivity (Wildman–Crippen MR) is 116 cm³/mol. The standard InChI is InChI=1S/C21H18ClN3O4S/c1-23-20(28)13-5-7-16(8-6-13)24-18(26)11-29-19(27)10-17-12-30-21(25-17)14-3-2-4-15(22)9-14/h2-9,12H,10-11H2,1H3,(H,23,28)(H,24,26). The van der Waals surface area contributed by atoms with E-state index in [4.69, 9.17) is 16.3 Å². The number of halogens is 1. The Morgan fingerprint density at radius 1 is 1.13 bits per heavy atom. The number of hydrogen-bond acceptors (Lipinski definition) is 6. The van der Waals surface area contributed by atoms with Crippen LogP contribution in [-0.4, -0.2) is 36.4 Å². The van der Waals surface area contributed by atoms with Crippen molar-refractivity contribution in [3.05, 3.63) is 70.2 Å². The number of anilines is 1. The van der Waals surface area contributed by atoms with E-state index in [-0.39, 0.29) is 12.3 Å². The monoisotopic (exact) mass is 443 g/mol. The molecule has 154 valence electrons. The molecule has 1 heterocycles. The van der Waals surface area contributed by atoms with Crippen molar-refractivity contribution >= 4 is 46.4 Å². The van der Waals surface area contributed by atoms with Gasteiger partial charge in [0.25, 0.3) is 11.8 Å². The van der Waals surface area contributed by atoms with E-state index in [0.717, 1.165) is 10.6 Å². The minimum atomic E-state index is -0.553. The molecular formula is C21H18ClN3O4S. The van der Waals surface area contributed by atoms with Gasteiger partial charge in [0.1, 0.15) is 5.01 Å². The fourth-order valence-electron chi connectivity index (χ4n) is 2.53. The van der Waals surface area contributed by atoms with Crippen LogP contribution in [0, 0.1) is 0 Å². The van der Waals surface area contributed by atoms with E-state index in [1.807, 2.05) is 12.1 Å². The molecule has 0 aliphatic rings. The van der Waals surface area contributed by atoms with E-state index in [9.17, 15) is 14.4 Å². The molecule has 0 saturated carbocycles. The highest BCUT2D eigenvalue weighted by Crippen LogP contribution is 2.26. The summed E-state index contributed by atoms with van der Waals surface area (Å²) in [5, 5.41) is 8.24. The van der Waals surface area contributed by atoms with Crippen molar-refractivity contribution in [2.24, 2.45) is 0 Å². The molecular weight excluding hydrogens is 426 g/mol. The van der Waals surface area contributed by atoms with E-state index >= 15 is 0 Å². The first-order chi connectivity index (χ1) is 14.4. The average Bonchev–Trinajstić information content (AvgIpc) is 3.21. The number of benzene rings is 2. The highest BCUT2D eigenvalue weighted by atomic mass is 35.5. The van der Waals surface area contributed by atoms with Crippen LogP contribution in [0.4, 0.5) is 5.69 Å². The largest absolute Gasteiger partial charge is 0.455 e. The maximum absolute atomic E-state index is 12.0. The van der Waals surface area contributed by atoms with Crippen LogP contribution in [0.5, 0.6) is 0 Å². The Kier molecular flexibility index (Phi) is 7.16. The number of esters is 1. The van der Waals surface area contributed by atoms with Gasteiger partial charge in [0.15, 0.2) is 6.61 Å². The van der Waals surface area contributed by atoms with Crippen molar-refractivity contribution in [3.63, 3.8) is 0 Å². The SMILES string of the molecule is CNC(=O)c1ccc(NC(=O)COC(=O)Cc2csc(-c3cccc(Cl)c3)n2)cc1. The number of amides is 2. The van der Waals surface area contributed by atoms with Gasteiger partial charge in [-0.15, -0.1) is 11.3 Å². The van der Waals surface area contributed by atoms with Crippen LogP contribution in [0.1, 0.15) is 16.1 Å². The van der Waals surface area contributed by atoms with Crippen LogP contribution >= 0.6 is 22.9 Å². The minimum Gasteiger partial charge on any atom is -0.455 e. The van der Waals surface area contributed by atoms with E-state index in [2.05, 4.69) is 15.6 Å². The fourth-order valence-corrected chi connectivity index (χ4v) is 3.54. The quantitative estimate of drug-likeness (QED) is 0.544. The van der Waals surface area contributed by atoms with Crippen molar-refractivity contribution in [1.29, 1.82) is 0 Å². The molecule has 1 aromatic heterocycles. The van der Waals surface area contributed by atoms with Gasteiger partial charge in [0.05, 0.1) is 12.1 Å². The lowest BCUT2D eigenvalue weighted by Gasteiger charge is -2.07. The summed E-state index contributed by atoms with van der Waals surface area (Å²) < 4.78 is 5.02. The molecule has 9 heteroatoms. The van der Waals surface area contributed by atoms with E-state index < -0.39 is 18.5 Å². The molecule has 3 aromatic rings. The number of rotatable bonds is 7. The van der Waals surface area contributed by atoms with Crippen molar-refractivity contribution in [2.75, 3.05) is 19.0 Å². The summed E-state index contributed by atoms with van der Waals surface area (Å²) in [6.07, 6.45) is -0.0365. The second-order valence-corrected chi connectivity index (χ2v) is 7.49. The molecule has 30 heavy (non-hydrogen) atoms. The van der Waals surface area contributed by atoms with Gasteiger partial charge in [0.2, 0.25) is 0 Å². The van der Waals surface area contributed by atoms with Crippen molar-refractivity contribution in [1.82, 2.24) is 10.3 Å². The molecule has 7 nitrogen and oxygen atoms in total. The topological polar surface area (TPSA) is 97.4 Å². The number of thiazole rings is 1. The predicted octanol–water partition coefficient (Wildman–Crippen LogP) is 3.55. The third-order valence-electron chi connectivity index (χ3n) is 3.97. The summed E-state index contributed by atoms with van der Waals surface area (Å²) in [5.41, 5.74) is 2.40. The molecule has 0 radical (unpaired) electrons. The highest BCUT2D eigenvalue weighted by Gasteiger charge is 2.13. The normalized spacial score (nSPS) is 10.3. The Morgan fingerprint density at radius 2 is 1.90 bits per heavy atom.